The molecule has 2 N–H and O–H groups in total. The van der Waals surface area contributed by atoms with E-state index in [4.69, 9.17) is 5.11 Å². The fraction of sp³-hybridized carbons (Fsp3) is 0.667. The van der Waals surface area contributed by atoms with Crippen molar-refractivity contribution < 1.29 is 5.11 Å². The van der Waals surface area contributed by atoms with Gasteiger partial charge in [0.25, 0.3) is 0 Å². The molecular weight excluding hydrogens is 260 g/mol. The summed E-state index contributed by atoms with van der Waals surface area (Å²) in [6.07, 6.45) is 4.94. The lowest BCUT2D eigenvalue weighted by Gasteiger charge is -2.33. The van der Waals surface area contributed by atoms with Crippen LogP contribution >= 0.6 is 0 Å². The summed E-state index contributed by atoms with van der Waals surface area (Å²) >= 11 is 0. The van der Waals surface area contributed by atoms with Crippen LogP contribution in [0.4, 0.5) is 0 Å². The number of benzene rings is 1. The predicted molar refractivity (Wildman–Crippen MR) is 86.0 cm³/mol. The Morgan fingerprint density at radius 2 is 2.00 bits per heavy atom. The van der Waals surface area contributed by atoms with Gasteiger partial charge in [0.2, 0.25) is 0 Å². The van der Waals surface area contributed by atoms with Gasteiger partial charge in [-0.3, -0.25) is 4.90 Å². The van der Waals surface area contributed by atoms with E-state index in [2.05, 4.69) is 40.5 Å². The minimum Gasteiger partial charge on any atom is -0.396 e. The molecular formula is C18H28N2O. The van der Waals surface area contributed by atoms with Crippen molar-refractivity contribution in [2.75, 3.05) is 26.2 Å². The first-order valence-corrected chi connectivity index (χ1v) is 8.47. The number of hydrogen-bond acceptors (Lipinski definition) is 3. The van der Waals surface area contributed by atoms with Gasteiger partial charge in [-0.05, 0) is 43.2 Å². The maximum Gasteiger partial charge on any atom is 0.0443 e. The first kappa shape index (κ1) is 15.0. The molecule has 1 heterocycles. The van der Waals surface area contributed by atoms with Crippen LogP contribution in [0.3, 0.4) is 0 Å². The molecule has 1 aliphatic carbocycles. The average Bonchev–Trinajstić information content (AvgIpc) is 2.92. The zero-order valence-corrected chi connectivity index (χ0v) is 12.9. The summed E-state index contributed by atoms with van der Waals surface area (Å²) in [5, 5.41) is 12.6. The van der Waals surface area contributed by atoms with Gasteiger partial charge in [-0.25, -0.2) is 0 Å². The smallest absolute Gasteiger partial charge is 0.0443 e. The molecule has 3 nitrogen and oxygen atoms in total. The van der Waals surface area contributed by atoms with Gasteiger partial charge in [-0.15, -0.1) is 0 Å². The van der Waals surface area contributed by atoms with Crippen LogP contribution in [0.15, 0.2) is 30.3 Å². The van der Waals surface area contributed by atoms with Crippen molar-refractivity contribution >= 4 is 0 Å². The van der Waals surface area contributed by atoms with Crippen LogP contribution < -0.4 is 5.32 Å². The average molecular weight is 288 g/mol. The zero-order chi connectivity index (χ0) is 14.5. The molecule has 3 heteroatoms. The molecule has 21 heavy (non-hydrogen) atoms. The van der Waals surface area contributed by atoms with E-state index in [9.17, 15) is 0 Å². The lowest BCUT2D eigenvalue weighted by Crippen LogP contribution is -2.43. The number of nitrogens with zero attached hydrogens (tertiary/aromatic N) is 1. The molecule has 1 saturated heterocycles. The Balaban J connectivity index is 1.55. The van der Waals surface area contributed by atoms with Gasteiger partial charge in [0.1, 0.15) is 0 Å². The monoisotopic (exact) mass is 288 g/mol. The molecule has 0 amide bonds. The van der Waals surface area contributed by atoms with Gasteiger partial charge in [0.15, 0.2) is 0 Å². The van der Waals surface area contributed by atoms with Crippen LogP contribution in [0.5, 0.6) is 0 Å². The van der Waals surface area contributed by atoms with E-state index < -0.39 is 0 Å². The summed E-state index contributed by atoms with van der Waals surface area (Å²) in [6, 6.07) is 11.5. The molecule has 1 aromatic rings. The molecule has 0 aromatic heterocycles. The van der Waals surface area contributed by atoms with Gasteiger partial charge in [-0.1, -0.05) is 36.8 Å². The molecule has 3 atom stereocenters. The van der Waals surface area contributed by atoms with E-state index in [-0.39, 0.29) is 0 Å². The zero-order valence-electron chi connectivity index (χ0n) is 12.9. The Bertz CT molecular complexity index is 422. The first-order chi connectivity index (χ1) is 10.4. The standard InChI is InChI=1S/C18H28N2O/c21-11-5-10-19-18-9-4-8-16-13-20(14-17(16)18)12-15-6-2-1-3-7-15/h1-3,6-7,16-19,21H,4-5,8-14H2/t16-,17+,18-/m1/s1. The maximum absolute atomic E-state index is 8.94. The third kappa shape index (κ3) is 3.85. The number of hydrogen-bond donors (Lipinski definition) is 2. The molecule has 1 aliphatic heterocycles. The SMILES string of the molecule is OCCCN[C@@H]1CCC[C@@H]2CN(Cc3ccccc3)C[C@@H]21. The van der Waals surface area contributed by atoms with Gasteiger partial charge in [0.05, 0.1) is 0 Å². The highest BCUT2D eigenvalue weighted by molar-refractivity contribution is 5.15. The Morgan fingerprint density at radius 3 is 2.81 bits per heavy atom. The number of rotatable bonds is 6. The van der Waals surface area contributed by atoms with Crippen LogP contribution in [0, 0.1) is 11.8 Å². The third-order valence-electron chi connectivity index (χ3n) is 5.16. The largest absolute Gasteiger partial charge is 0.396 e. The van der Waals surface area contributed by atoms with Crippen molar-refractivity contribution in [2.24, 2.45) is 11.8 Å². The Hall–Kier alpha value is -0.900. The van der Waals surface area contributed by atoms with E-state index in [1.165, 1.54) is 37.9 Å². The Morgan fingerprint density at radius 1 is 1.14 bits per heavy atom. The van der Waals surface area contributed by atoms with Crippen LogP contribution in [0.25, 0.3) is 0 Å². The summed E-state index contributed by atoms with van der Waals surface area (Å²) < 4.78 is 0. The quantitative estimate of drug-likeness (QED) is 0.788. The molecule has 2 fully saturated rings. The Labute approximate surface area is 128 Å². The molecule has 116 valence electrons. The topological polar surface area (TPSA) is 35.5 Å². The fourth-order valence-corrected chi connectivity index (χ4v) is 4.15. The summed E-state index contributed by atoms with van der Waals surface area (Å²) in [4.78, 5) is 2.64. The minimum atomic E-state index is 0.300. The van der Waals surface area contributed by atoms with Crippen molar-refractivity contribution in [1.82, 2.24) is 10.2 Å². The second-order valence-corrected chi connectivity index (χ2v) is 6.67. The number of aliphatic hydroxyl groups is 1. The van der Waals surface area contributed by atoms with Gasteiger partial charge < -0.3 is 10.4 Å². The number of nitrogens with one attached hydrogen (secondary N) is 1. The van der Waals surface area contributed by atoms with Crippen molar-refractivity contribution in [3.63, 3.8) is 0 Å². The summed E-state index contributed by atoms with van der Waals surface area (Å²) in [5.41, 5.74) is 1.43. The van der Waals surface area contributed by atoms with E-state index in [0.29, 0.717) is 12.6 Å². The van der Waals surface area contributed by atoms with E-state index in [0.717, 1.165) is 31.3 Å². The summed E-state index contributed by atoms with van der Waals surface area (Å²) in [7, 11) is 0. The minimum absolute atomic E-state index is 0.300. The molecule has 0 radical (unpaired) electrons. The van der Waals surface area contributed by atoms with Crippen LogP contribution in [0.2, 0.25) is 0 Å². The number of aliphatic hydroxyl groups excluding tert-OH is 1. The van der Waals surface area contributed by atoms with E-state index in [1.54, 1.807) is 0 Å². The second-order valence-electron chi connectivity index (χ2n) is 6.67. The molecule has 0 bridgehead atoms. The van der Waals surface area contributed by atoms with Crippen molar-refractivity contribution in [2.45, 2.75) is 38.3 Å². The summed E-state index contributed by atoms with van der Waals surface area (Å²) in [5.74, 6) is 1.68. The highest BCUT2D eigenvalue weighted by Gasteiger charge is 2.39. The normalized spacial score (nSPS) is 29.5. The lowest BCUT2D eigenvalue weighted by molar-refractivity contribution is 0.214. The van der Waals surface area contributed by atoms with Crippen molar-refractivity contribution in [3.05, 3.63) is 35.9 Å². The Kier molecular flexibility index (Phi) is 5.28. The van der Waals surface area contributed by atoms with Crippen molar-refractivity contribution in [1.29, 1.82) is 0 Å². The molecule has 1 aromatic carbocycles. The number of fused-ring (bicyclic) bond motifs is 1. The second kappa shape index (κ2) is 7.39. The van der Waals surface area contributed by atoms with E-state index in [1.807, 2.05) is 0 Å². The lowest BCUT2D eigenvalue weighted by atomic mass is 9.78. The van der Waals surface area contributed by atoms with Crippen molar-refractivity contribution in [3.8, 4) is 0 Å². The highest BCUT2D eigenvalue weighted by atomic mass is 16.3. The summed E-state index contributed by atoms with van der Waals surface area (Å²) in [6.45, 7) is 4.85. The molecule has 2 aliphatic rings. The van der Waals surface area contributed by atoms with Gasteiger partial charge in [-0.2, -0.15) is 0 Å². The van der Waals surface area contributed by atoms with Crippen LogP contribution in [-0.2, 0) is 6.54 Å². The molecule has 3 rings (SSSR count). The molecule has 0 spiro atoms. The maximum atomic E-state index is 8.94. The molecule has 1 saturated carbocycles. The first-order valence-electron chi connectivity index (χ1n) is 8.47. The van der Waals surface area contributed by atoms with Gasteiger partial charge in [0, 0.05) is 32.3 Å². The molecule has 0 unspecified atom stereocenters. The predicted octanol–water partition coefficient (Wildman–Crippen LogP) is 2.26. The fourth-order valence-electron chi connectivity index (χ4n) is 4.15. The van der Waals surface area contributed by atoms with E-state index >= 15 is 0 Å². The van der Waals surface area contributed by atoms with Crippen LogP contribution in [0.1, 0.15) is 31.2 Å². The third-order valence-corrected chi connectivity index (χ3v) is 5.16. The number of likely N-dealkylation sites (tertiary alicyclic amines) is 1. The highest BCUT2D eigenvalue weighted by Crippen LogP contribution is 2.36. The van der Waals surface area contributed by atoms with Gasteiger partial charge >= 0.3 is 0 Å². The van der Waals surface area contributed by atoms with Crippen LogP contribution in [-0.4, -0.2) is 42.3 Å².